The van der Waals surface area contributed by atoms with E-state index in [9.17, 15) is 26.7 Å². The predicted molar refractivity (Wildman–Crippen MR) is 104 cm³/mol. The Morgan fingerprint density at radius 3 is 2.47 bits per heavy atom. The second-order valence-corrected chi connectivity index (χ2v) is 8.48. The van der Waals surface area contributed by atoms with Gasteiger partial charge in [0, 0.05) is 19.0 Å². The molecular formula is C18H21FN4O6S. The molecule has 162 valence electrons. The maximum Gasteiger partial charge on any atom is 0.488 e. The second-order valence-electron chi connectivity index (χ2n) is 7.53. The lowest BCUT2D eigenvalue weighted by atomic mass is 9.89. The van der Waals surface area contributed by atoms with Gasteiger partial charge in [-0.05, 0) is 44.3 Å². The van der Waals surface area contributed by atoms with E-state index in [2.05, 4.69) is 10.6 Å². The van der Waals surface area contributed by atoms with Crippen molar-refractivity contribution in [3.8, 4) is 5.75 Å². The summed E-state index contributed by atoms with van der Waals surface area (Å²) in [6.45, 7) is 1.42. The van der Waals surface area contributed by atoms with Crippen LogP contribution >= 0.6 is 0 Å². The third-order valence-corrected chi connectivity index (χ3v) is 6.08. The number of nitrogens with one attached hydrogen (secondary N) is 2. The summed E-state index contributed by atoms with van der Waals surface area (Å²) in [6, 6.07) is 2.27. The van der Waals surface area contributed by atoms with Crippen LogP contribution in [0.15, 0.2) is 16.9 Å². The molecule has 4 rings (SSSR count). The fraction of sp³-hybridized carbons (Fsp3) is 0.500. The Hall–Kier alpha value is -2.73. The molecule has 2 amide bonds. The molecular weight excluding hydrogens is 419 g/mol. The van der Waals surface area contributed by atoms with Gasteiger partial charge in [0.1, 0.15) is 11.6 Å². The van der Waals surface area contributed by atoms with Crippen LogP contribution in [0.25, 0.3) is 11.0 Å². The molecule has 0 radical (unpaired) electrons. The van der Waals surface area contributed by atoms with Crippen LogP contribution in [0.2, 0.25) is 0 Å². The van der Waals surface area contributed by atoms with Gasteiger partial charge >= 0.3 is 16.2 Å². The van der Waals surface area contributed by atoms with Crippen LogP contribution in [0.3, 0.4) is 0 Å². The first kappa shape index (κ1) is 20.5. The molecule has 0 spiro atoms. The van der Waals surface area contributed by atoms with Crippen LogP contribution < -0.4 is 20.5 Å². The van der Waals surface area contributed by atoms with Gasteiger partial charge < -0.3 is 9.50 Å². The molecule has 2 fully saturated rings. The zero-order chi connectivity index (χ0) is 21.6. The maximum atomic E-state index is 13.6. The van der Waals surface area contributed by atoms with Gasteiger partial charge in [-0.1, -0.05) is 9.95 Å². The van der Waals surface area contributed by atoms with Gasteiger partial charge in [-0.2, -0.15) is 8.42 Å². The highest BCUT2D eigenvalue weighted by atomic mass is 32.3. The van der Waals surface area contributed by atoms with E-state index in [4.69, 9.17) is 4.18 Å². The predicted octanol–water partition coefficient (Wildman–Crippen LogP) is 0.378. The Labute approximate surface area is 171 Å². The Morgan fingerprint density at radius 2 is 1.83 bits per heavy atom. The zero-order valence-electron chi connectivity index (χ0n) is 16.2. The summed E-state index contributed by atoms with van der Waals surface area (Å²) in [4.78, 5) is 36.8. The van der Waals surface area contributed by atoms with Gasteiger partial charge in [-0.15, -0.1) is 0 Å². The van der Waals surface area contributed by atoms with Crippen molar-refractivity contribution in [2.24, 2.45) is 7.05 Å². The number of aromatic nitrogens is 2. The molecule has 10 nitrogen and oxygen atoms in total. The number of rotatable bonds is 4. The Balaban J connectivity index is 1.94. The van der Waals surface area contributed by atoms with Crippen LogP contribution in [0.1, 0.15) is 43.2 Å². The molecule has 2 aliphatic rings. The van der Waals surface area contributed by atoms with Crippen molar-refractivity contribution >= 4 is 33.4 Å². The molecule has 2 aromatic rings. The fourth-order valence-electron chi connectivity index (χ4n) is 4.33. The minimum Gasteiger partial charge on any atom is -0.356 e. The van der Waals surface area contributed by atoms with E-state index < -0.39 is 34.1 Å². The van der Waals surface area contributed by atoms with E-state index in [1.54, 1.807) is 12.1 Å². The Morgan fingerprint density at radius 1 is 1.13 bits per heavy atom. The van der Waals surface area contributed by atoms with E-state index in [1.807, 2.05) is 0 Å². The SMILES string of the molecule is Cn1c(=O)n(C2CCC(=O)NC2=O)c2ccc(C3CCNCC3)c(OS(=O)(=O)F)c21. The van der Waals surface area contributed by atoms with Crippen molar-refractivity contribution in [1.82, 2.24) is 19.8 Å². The number of halogens is 1. The Kier molecular flexibility index (Phi) is 5.14. The minimum absolute atomic E-state index is 0.0641. The van der Waals surface area contributed by atoms with E-state index in [0.717, 1.165) is 4.57 Å². The minimum atomic E-state index is -5.36. The number of imidazole rings is 1. The van der Waals surface area contributed by atoms with E-state index in [-0.39, 0.29) is 35.5 Å². The number of hydrogen-bond acceptors (Lipinski definition) is 7. The van der Waals surface area contributed by atoms with Crippen molar-refractivity contribution in [1.29, 1.82) is 0 Å². The van der Waals surface area contributed by atoms with E-state index >= 15 is 0 Å². The molecule has 1 atom stereocenters. The third-order valence-electron chi connectivity index (χ3n) is 5.71. The van der Waals surface area contributed by atoms with Crippen molar-refractivity contribution in [2.45, 2.75) is 37.6 Å². The molecule has 30 heavy (non-hydrogen) atoms. The molecule has 0 saturated carbocycles. The molecule has 2 aliphatic heterocycles. The lowest BCUT2D eigenvalue weighted by Gasteiger charge is -2.25. The Bertz CT molecular complexity index is 1200. The first-order valence-corrected chi connectivity index (χ1v) is 10.9. The smallest absolute Gasteiger partial charge is 0.356 e. The van der Waals surface area contributed by atoms with Crippen molar-refractivity contribution in [2.75, 3.05) is 13.1 Å². The molecule has 2 N–H and O–H groups in total. The van der Waals surface area contributed by atoms with Gasteiger partial charge in [0.15, 0.2) is 5.75 Å². The monoisotopic (exact) mass is 440 g/mol. The number of nitrogens with zero attached hydrogens (tertiary/aromatic N) is 2. The van der Waals surface area contributed by atoms with Crippen LogP contribution in [-0.4, -0.2) is 42.5 Å². The zero-order valence-corrected chi connectivity index (χ0v) is 17.0. The number of hydrogen-bond donors (Lipinski definition) is 2. The lowest BCUT2D eigenvalue weighted by molar-refractivity contribution is -0.135. The summed E-state index contributed by atoms with van der Waals surface area (Å²) in [7, 11) is -3.96. The molecule has 12 heteroatoms. The maximum absolute atomic E-state index is 13.6. The topological polar surface area (TPSA) is 128 Å². The average molecular weight is 440 g/mol. The van der Waals surface area contributed by atoms with Crippen molar-refractivity contribution < 1.29 is 26.1 Å². The van der Waals surface area contributed by atoms with Gasteiger partial charge in [-0.25, -0.2) is 4.79 Å². The molecule has 0 aliphatic carbocycles. The summed E-state index contributed by atoms with van der Waals surface area (Å²) in [5.74, 6) is -1.37. The summed E-state index contributed by atoms with van der Waals surface area (Å²) >= 11 is 0. The standard InChI is InChI=1S/C18H21FN4O6S/c1-22-15-12(23(18(22)26)13-4-5-14(24)21-17(13)25)3-2-11(10-6-8-20-9-7-10)16(15)29-30(19,27)28/h2-3,10,13,20H,4-9H2,1H3,(H,21,24,25). The van der Waals surface area contributed by atoms with Gasteiger partial charge in [-0.3, -0.25) is 24.0 Å². The number of benzene rings is 1. The van der Waals surface area contributed by atoms with Crippen molar-refractivity contribution in [3.63, 3.8) is 0 Å². The van der Waals surface area contributed by atoms with E-state index in [0.29, 0.717) is 31.5 Å². The number of amides is 2. The lowest BCUT2D eigenvalue weighted by Crippen LogP contribution is -2.44. The first-order valence-electron chi connectivity index (χ1n) is 9.59. The largest absolute Gasteiger partial charge is 0.488 e. The molecule has 1 aromatic carbocycles. The average Bonchev–Trinajstić information content (AvgIpc) is 2.93. The fourth-order valence-corrected chi connectivity index (χ4v) is 4.70. The number of fused-ring (bicyclic) bond motifs is 1. The molecule has 2 saturated heterocycles. The second kappa shape index (κ2) is 7.51. The summed E-state index contributed by atoms with van der Waals surface area (Å²) in [5.41, 5.74) is 0.208. The summed E-state index contributed by atoms with van der Waals surface area (Å²) in [6.07, 6.45) is 1.57. The summed E-state index contributed by atoms with van der Waals surface area (Å²) < 4.78 is 43.4. The first-order chi connectivity index (χ1) is 14.2. The molecule has 1 aromatic heterocycles. The van der Waals surface area contributed by atoms with E-state index in [1.165, 1.54) is 11.6 Å². The van der Waals surface area contributed by atoms with Crippen molar-refractivity contribution in [3.05, 3.63) is 28.2 Å². The highest BCUT2D eigenvalue weighted by molar-refractivity contribution is 7.81. The van der Waals surface area contributed by atoms with Crippen LogP contribution in [0, 0.1) is 0 Å². The molecule has 3 heterocycles. The van der Waals surface area contributed by atoms with Crippen LogP contribution in [-0.2, 0) is 27.1 Å². The number of imide groups is 1. The van der Waals surface area contributed by atoms with Gasteiger partial charge in [0.25, 0.3) is 0 Å². The highest BCUT2D eigenvalue weighted by Crippen LogP contribution is 2.39. The number of carbonyl (C=O) groups is 2. The number of aryl methyl sites for hydroxylation is 1. The summed E-state index contributed by atoms with van der Waals surface area (Å²) in [5, 5.41) is 5.41. The molecule has 0 bridgehead atoms. The van der Waals surface area contributed by atoms with Crippen LogP contribution in [0.4, 0.5) is 3.89 Å². The normalized spacial score (nSPS) is 21.1. The van der Waals surface area contributed by atoms with Gasteiger partial charge in [0.05, 0.1) is 5.52 Å². The molecule has 1 unspecified atom stereocenters. The number of piperidine rings is 2. The highest BCUT2D eigenvalue weighted by Gasteiger charge is 2.33. The quantitative estimate of drug-likeness (QED) is 0.519. The van der Waals surface area contributed by atoms with Crippen LogP contribution in [0.5, 0.6) is 5.75 Å². The number of carbonyl (C=O) groups excluding carboxylic acids is 2. The van der Waals surface area contributed by atoms with Gasteiger partial charge in [0.2, 0.25) is 11.8 Å². The third kappa shape index (κ3) is 3.60.